The Morgan fingerprint density at radius 1 is 1.12 bits per heavy atom. The normalized spacial score (nSPS) is 15.1. The first-order valence-electron chi connectivity index (χ1n) is 8.42. The van der Waals surface area contributed by atoms with Gasteiger partial charge in [0.2, 0.25) is 0 Å². The van der Waals surface area contributed by atoms with E-state index < -0.39 is 5.60 Å². The highest BCUT2D eigenvalue weighted by atomic mass is 16.6. The van der Waals surface area contributed by atoms with Gasteiger partial charge in [-0.05, 0) is 46.2 Å². The Morgan fingerprint density at radius 2 is 1.72 bits per heavy atom. The molecule has 7 heteroatoms. The maximum absolute atomic E-state index is 12.1. The number of aromatic nitrogens is 1. The Hall–Kier alpha value is -2.31. The van der Waals surface area contributed by atoms with Crippen molar-refractivity contribution in [3.8, 4) is 0 Å². The van der Waals surface area contributed by atoms with Crippen LogP contribution < -0.4 is 4.90 Å². The number of rotatable bonds is 2. The number of carbonyl (C=O) groups excluding carboxylic acids is 2. The van der Waals surface area contributed by atoms with Crippen LogP contribution in [0.15, 0.2) is 6.07 Å². The molecule has 1 aromatic heterocycles. The summed E-state index contributed by atoms with van der Waals surface area (Å²) in [6.45, 7) is 11.8. The molecule has 2 heterocycles. The molecule has 0 N–H and O–H groups in total. The summed E-state index contributed by atoms with van der Waals surface area (Å²) in [4.78, 5) is 32.3. The summed E-state index contributed by atoms with van der Waals surface area (Å²) in [5, 5.41) is 0. The van der Waals surface area contributed by atoms with Gasteiger partial charge in [0, 0.05) is 26.2 Å². The van der Waals surface area contributed by atoms with Crippen LogP contribution in [0.2, 0.25) is 0 Å². The molecule has 138 valence electrons. The standard InChI is InChI=1S/C18H27N3O4/c1-12-11-14(19-13(2)15(12)16(22)24-6)20-7-9-21(10-8-20)17(23)25-18(3,4)5/h11H,7-10H2,1-6H3. The lowest BCUT2D eigenvalue weighted by atomic mass is 10.1. The van der Waals surface area contributed by atoms with Crippen molar-refractivity contribution in [2.45, 2.75) is 40.2 Å². The lowest BCUT2D eigenvalue weighted by Crippen LogP contribution is -2.50. The van der Waals surface area contributed by atoms with Crippen LogP contribution in [-0.4, -0.2) is 60.8 Å². The lowest BCUT2D eigenvalue weighted by molar-refractivity contribution is 0.0240. The number of pyridine rings is 1. The van der Waals surface area contributed by atoms with Crippen LogP contribution in [-0.2, 0) is 9.47 Å². The van der Waals surface area contributed by atoms with Gasteiger partial charge in [0.25, 0.3) is 0 Å². The largest absolute Gasteiger partial charge is 0.465 e. The molecular weight excluding hydrogens is 322 g/mol. The van der Waals surface area contributed by atoms with Crippen LogP contribution in [0.4, 0.5) is 10.6 Å². The van der Waals surface area contributed by atoms with Crippen molar-refractivity contribution in [3.05, 3.63) is 22.9 Å². The van der Waals surface area contributed by atoms with Crippen molar-refractivity contribution >= 4 is 17.9 Å². The number of nitrogens with zero attached hydrogens (tertiary/aromatic N) is 3. The van der Waals surface area contributed by atoms with Gasteiger partial charge in [-0.2, -0.15) is 0 Å². The van der Waals surface area contributed by atoms with Crippen molar-refractivity contribution in [2.75, 3.05) is 38.2 Å². The molecule has 1 aliphatic rings. The summed E-state index contributed by atoms with van der Waals surface area (Å²) in [7, 11) is 1.37. The Morgan fingerprint density at radius 3 is 2.20 bits per heavy atom. The molecule has 0 spiro atoms. The summed E-state index contributed by atoms with van der Waals surface area (Å²) < 4.78 is 10.2. The molecule has 1 aliphatic heterocycles. The molecule has 0 bridgehead atoms. The predicted octanol–water partition coefficient (Wildman–Crippen LogP) is 2.54. The number of ether oxygens (including phenoxy) is 2. The number of hydrogen-bond donors (Lipinski definition) is 0. The van der Waals surface area contributed by atoms with Crippen LogP contribution >= 0.6 is 0 Å². The van der Waals surface area contributed by atoms with Crippen LogP contribution in [0.25, 0.3) is 0 Å². The number of esters is 1. The highest BCUT2D eigenvalue weighted by molar-refractivity contribution is 5.92. The first-order chi connectivity index (χ1) is 11.6. The van der Waals surface area contributed by atoms with Crippen molar-refractivity contribution in [2.24, 2.45) is 0 Å². The molecule has 1 aromatic rings. The minimum atomic E-state index is -0.492. The zero-order valence-electron chi connectivity index (χ0n) is 15.9. The van der Waals surface area contributed by atoms with Gasteiger partial charge in [-0.15, -0.1) is 0 Å². The van der Waals surface area contributed by atoms with Gasteiger partial charge in [0.05, 0.1) is 18.4 Å². The van der Waals surface area contributed by atoms with E-state index in [9.17, 15) is 9.59 Å². The van der Waals surface area contributed by atoms with E-state index in [1.807, 2.05) is 33.8 Å². The minimum absolute atomic E-state index is 0.284. The zero-order chi connectivity index (χ0) is 18.8. The van der Waals surface area contributed by atoms with E-state index in [-0.39, 0.29) is 12.1 Å². The van der Waals surface area contributed by atoms with E-state index in [0.717, 1.165) is 11.4 Å². The zero-order valence-corrected chi connectivity index (χ0v) is 15.9. The molecular formula is C18H27N3O4. The van der Waals surface area contributed by atoms with Gasteiger partial charge in [0.1, 0.15) is 11.4 Å². The number of hydrogen-bond acceptors (Lipinski definition) is 6. The van der Waals surface area contributed by atoms with Crippen LogP contribution in [0, 0.1) is 13.8 Å². The number of carbonyl (C=O) groups is 2. The van der Waals surface area contributed by atoms with E-state index >= 15 is 0 Å². The topological polar surface area (TPSA) is 72.0 Å². The smallest absolute Gasteiger partial charge is 0.410 e. The molecule has 1 saturated heterocycles. The average molecular weight is 349 g/mol. The molecule has 0 radical (unpaired) electrons. The first kappa shape index (κ1) is 19.0. The van der Waals surface area contributed by atoms with Gasteiger partial charge >= 0.3 is 12.1 Å². The van der Waals surface area contributed by atoms with E-state index in [1.165, 1.54) is 7.11 Å². The fraction of sp³-hybridized carbons (Fsp3) is 0.611. The second-order valence-electron chi connectivity index (χ2n) is 7.20. The Balaban J connectivity index is 2.06. The van der Waals surface area contributed by atoms with Crippen LogP contribution in [0.5, 0.6) is 0 Å². The summed E-state index contributed by atoms with van der Waals surface area (Å²) in [5.74, 6) is 0.440. The maximum Gasteiger partial charge on any atom is 0.410 e. The second-order valence-corrected chi connectivity index (χ2v) is 7.20. The van der Waals surface area contributed by atoms with Crippen LogP contribution in [0.3, 0.4) is 0 Å². The fourth-order valence-electron chi connectivity index (χ4n) is 2.83. The molecule has 1 fully saturated rings. The van der Waals surface area contributed by atoms with Gasteiger partial charge < -0.3 is 19.3 Å². The lowest BCUT2D eigenvalue weighted by Gasteiger charge is -2.36. The molecule has 7 nitrogen and oxygen atoms in total. The van der Waals surface area contributed by atoms with Crippen LogP contribution in [0.1, 0.15) is 42.4 Å². The highest BCUT2D eigenvalue weighted by Gasteiger charge is 2.27. The third-order valence-corrected chi connectivity index (χ3v) is 4.03. The fourth-order valence-corrected chi connectivity index (χ4v) is 2.83. The van der Waals surface area contributed by atoms with Crippen molar-refractivity contribution in [1.82, 2.24) is 9.88 Å². The maximum atomic E-state index is 12.1. The number of methoxy groups -OCH3 is 1. The number of anilines is 1. The van der Waals surface area contributed by atoms with Crippen molar-refractivity contribution in [3.63, 3.8) is 0 Å². The Kier molecular flexibility index (Phi) is 5.55. The van der Waals surface area contributed by atoms with Crippen molar-refractivity contribution < 1.29 is 19.1 Å². The van der Waals surface area contributed by atoms with E-state index in [0.29, 0.717) is 37.4 Å². The molecule has 2 rings (SSSR count). The molecule has 0 saturated carbocycles. The summed E-state index contributed by atoms with van der Waals surface area (Å²) >= 11 is 0. The highest BCUT2D eigenvalue weighted by Crippen LogP contribution is 2.22. The number of piperazine rings is 1. The van der Waals surface area contributed by atoms with Gasteiger partial charge in [-0.1, -0.05) is 0 Å². The molecule has 25 heavy (non-hydrogen) atoms. The molecule has 0 aromatic carbocycles. The number of aryl methyl sites for hydroxylation is 2. The summed E-state index contributed by atoms with van der Waals surface area (Å²) in [5.41, 5.74) is 1.51. The minimum Gasteiger partial charge on any atom is -0.465 e. The molecule has 0 unspecified atom stereocenters. The van der Waals surface area contributed by atoms with E-state index in [2.05, 4.69) is 9.88 Å². The second kappa shape index (κ2) is 7.29. The quantitative estimate of drug-likeness (QED) is 0.764. The van der Waals surface area contributed by atoms with E-state index in [4.69, 9.17) is 9.47 Å². The van der Waals surface area contributed by atoms with E-state index in [1.54, 1.807) is 11.8 Å². The molecule has 0 atom stereocenters. The third-order valence-electron chi connectivity index (χ3n) is 4.03. The molecule has 0 aliphatic carbocycles. The van der Waals surface area contributed by atoms with Gasteiger partial charge in [-0.25, -0.2) is 14.6 Å². The average Bonchev–Trinajstić information content (AvgIpc) is 2.52. The predicted molar refractivity (Wildman–Crippen MR) is 95.1 cm³/mol. The molecule has 1 amide bonds. The Labute approximate surface area is 148 Å². The van der Waals surface area contributed by atoms with Crippen molar-refractivity contribution in [1.29, 1.82) is 0 Å². The van der Waals surface area contributed by atoms with Gasteiger partial charge in [0.15, 0.2) is 0 Å². The third kappa shape index (κ3) is 4.61. The van der Waals surface area contributed by atoms with Gasteiger partial charge in [-0.3, -0.25) is 0 Å². The first-order valence-corrected chi connectivity index (χ1v) is 8.42. The summed E-state index contributed by atoms with van der Waals surface area (Å²) in [6.07, 6.45) is -0.284. The monoisotopic (exact) mass is 349 g/mol. The number of amides is 1. The Bertz CT molecular complexity index is 636. The SMILES string of the molecule is COC(=O)c1c(C)cc(N2CCN(C(=O)OC(C)(C)C)CC2)nc1C. The summed E-state index contributed by atoms with van der Waals surface area (Å²) in [6, 6.07) is 1.89.